The van der Waals surface area contributed by atoms with E-state index in [1.54, 1.807) is 0 Å². The van der Waals surface area contributed by atoms with Gasteiger partial charge in [0.25, 0.3) is 0 Å². The van der Waals surface area contributed by atoms with E-state index in [2.05, 4.69) is 11.7 Å². The van der Waals surface area contributed by atoms with E-state index < -0.39 is 41.8 Å². The van der Waals surface area contributed by atoms with Gasteiger partial charge in [-0.3, -0.25) is 0 Å². The molecular formula is C20H25F7O2. The molecule has 1 aliphatic rings. The van der Waals surface area contributed by atoms with Crippen molar-refractivity contribution in [1.82, 2.24) is 0 Å². The molecular weight excluding hydrogens is 405 g/mol. The zero-order chi connectivity index (χ0) is 21.7. The molecule has 0 atom stereocenters. The molecule has 0 aliphatic heterocycles. The van der Waals surface area contributed by atoms with Crippen molar-refractivity contribution in [2.45, 2.75) is 76.7 Å². The van der Waals surface area contributed by atoms with E-state index in [4.69, 9.17) is 4.74 Å². The Bertz CT molecular complexity index is 630. The second kappa shape index (κ2) is 10.00. The lowest BCUT2D eigenvalue weighted by Gasteiger charge is -2.29. The minimum atomic E-state index is -5.28. The molecule has 0 N–H and O–H groups in total. The fraction of sp³-hybridized carbons (Fsp3) is 0.700. The van der Waals surface area contributed by atoms with Gasteiger partial charge in [-0.25, -0.2) is 8.78 Å². The number of unbranched alkanes of at least 4 members (excludes halogenated alkanes) is 2. The summed E-state index contributed by atoms with van der Waals surface area (Å²) in [4.78, 5) is 0. The van der Waals surface area contributed by atoms with Gasteiger partial charge in [0.1, 0.15) is 22.9 Å². The molecule has 9 heteroatoms. The van der Waals surface area contributed by atoms with E-state index in [1.807, 2.05) is 0 Å². The molecule has 0 radical (unpaired) electrons. The van der Waals surface area contributed by atoms with Gasteiger partial charge < -0.3 is 9.47 Å². The van der Waals surface area contributed by atoms with Crippen molar-refractivity contribution in [3.8, 4) is 5.75 Å². The number of alkyl halides is 5. The van der Waals surface area contributed by atoms with Crippen molar-refractivity contribution in [3.63, 3.8) is 0 Å². The molecule has 1 aromatic rings. The van der Waals surface area contributed by atoms with Crippen LogP contribution in [0.1, 0.15) is 63.9 Å². The second-order valence-electron chi connectivity index (χ2n) is 7.45. The van der Waals surface area contributed by atoms with Gasteiger partial charge in [-0.05, 0) is 31.6 Å². The molecule has 1 aromatic carbocycles. The Hall–Kier alpha value is -1.51. The molecule has 0 saturated heterocycles. The third-order valence-electron chi connectivity index (χ3n) is 5.06. The Kier molecular flexibility index (Phi) is 8.19. The number of hydrogen-bond acceptors (Lipinski definition) is 2. The van der Waals surface area contributed by atoms with Crippen LogP contribution < -0.4 is 4.74 Å². The summed E-state index contributed by atoms with van der Waals surface area (Å²) in [6, 6.07) is 0.169. The van der Waals surface area contributed by atoms with Gasteiger partial charge in [0.15, 0.2) is 6.61 Å². The van der Waals surface area contributed by atoms with Crippen molar-refractivity contribution in [2.75, 3.05) is 6.61 Å². The first-order valence-corrected chi connectivity index (χ1v) is 9.76. The van der Waals surface area contributed by atoms with Crippen molar-refractivity contribution < 1.29 is 40.2 Å². The topological polar surface area (TPSA) is 18.5 Å². The van der Waals surface area contributed by atoms with Crippen LogP contribution in [0.4, 0.5) is 30.7 Å². The molecule has 1 fully saturated rings. The highest BCUT2D eigenvalue weighted by Crippen LogP contribution is 2.36. The molecule has 2 rings (SSSR count). The average molecular weight is 430 g/mol. The maximum absolute atomic E-state index is 13.9. The lowest BCUT2D eigenvalue weighted by molar-refractivity contribution is -0.222. The summed E-state index contributed by atoms with van der Waals surface area (Å²) < 4.78 is 102. The molecule has 0 amide bonds. The molecule has 1 aliphatic carbocycles. The summed E-state index contributed by atoms with van der Waals surface area (Å²) in [5, 5.41) is 0. The standard InChI is InChI=1S/C20H25F7O2/c1-2-3-4-5-13-6-8-14(9-7-13)28-12-19(23,24)29-15-10-16(21)18(17(22)11-15)20(25,26)27/h10-11,13-14H,2-9,12H2,1H3. The minimum absolute atomic E-state index is 0.0846. The first kappa shape index (κ1) is 23.8. The van der Waals surface area contributed by atoms with Crippen molar-refractivity contribution >= 4 is 0 Å². The van der Waals surface area contributed by atoms with Crippen LogP contribution in [0.25, 0.3) is 0 Å². The van der Waals surface area contributed by atoms with Gasteiger partial charge in [-0.1, -0.05) is 32.6 Å². The van der Waals surface area contributed by atoms with Gasteiger partial charge in [-0.2, -0.15) is 22.0 Å². The number of benzene rings is 1. The van der Waals surface area contributed by atoms with Crippen LogP contribution in [-0.4, -0.2) is 18.8 Å². The lowest BCUT2D eigenvalue weighted by atomic mass is 9.84. The average Bonchev–Trinajstić information content (AvgIpc) is 2.59. The predicted octanol–water partition coefficient (Wildman–Crippen LogP) is 7.11. The van der Waals surface area contributed by atoms with Gasteiger partial charge in [0.2, 0.25) is 0 Å². The van der Waals surface area contributed by atoms with Gasteiger partial charge in [0, 0.05) is 12.1 Å². The normalized spacial score (nSPS) is 20.7. The highest BCUT2D eigenvalue weighted by Gasteiger charge is 2.40. The molecule has 0 spiro atoms. The second-order valence-corrected chi connectivity index (χ2v) is 7.45. The number of rotatable bonds is 9. The lowest BCUT2D eigenvalue weighted by Crippen LogP contribution is -2.34. The third kappa shape index (κ3) is 7.35. The third-order valence-corrected chi connectivity index (χ3v) is 5.06. The van der Waals surface area contributed by atoms with Crippen LogP contribution in [0.15, 0.2) is 12.1 Å². The van der Waals surface area contributed by atoms with Gasteiger partial charge in [-0.15, -0.1) is 0 Å². The smallest absolute Gasteiger partial charge is 0.422 e. The molecule has 29 heavy (non-hydrogen) atoms. The molecule has 0 unspecified atom stereocenters. The Morgan fingerprint density at radius 1 is 0.931 bits per heavy atom. The van der Waals surface area contributed by atoms with Gasteiger partial charge in [0.05, 0.1) is 6.10 Å². The van der Waals surface area contributed by atoms with E-state index in [0.29, 0.717) is 18.8 Å². The summed E-state index contributed by atoms with van der Waals surface area (Å²) in [5.74, 6) is -4.52. The fourth-order valence-corrected chi connectivity index (χ4v) is 3.57. The zero-order valence-electron chi connectivity index (χ0n) is 16.1. The number of ether oxygens (including phenoxy) is 2. The first-order chi connectivity index (χ1) is 13.5. The van der Waals surface area contributed by atoms with Crippen LogP contribution in [-0.2, 0) is 10.9 Å². The monoisotopic (exact) mass is 430 g/mol. The summed E-state index contributed by atoms with van der Waals surface area (Å²) in [6.07, 6.45) is -1.97. The van der Waals surface area contributed by atoms with Gasteiger partial charge >= 0.3 is 12.3 Å². The fourth-order valence-electron chi connectivity index (χ4n) is 3.57. The van der Waals surface area contributed by atoms with Crippen molar-refractivity contribution in [3.05, 3.63) is 29.3 Å². The molecule has 166 valence electrons. The highest BCUT2D eigenvalue weighted by atomic mass is 19.4. The quantitative estimate of drug-likeness (QED) is 0.307. The molecule has 2 nitrogen and oxygen atoms in total. The summed E-state index contributed by atoms with van der Waals surface area (Å²) >= 11 is 0. The maximum Gasteiger partial charge on any atom is 0.422 e. The van der Waals surface area contributed by atoms with E-state index in [-0.39, 0.29) is 18.2 Å². The van der Waals surface area contributed by atoms with Crippen LogP contribution in [0.5, 0.6) is 5.75 Å². The van der Waals surface area contributed by atoms with Crippen LogP contribution in [0.2, 0.25) is 0 Å². The Morgan fingerprint density at radius 2 is 1.52 bits per heavy atom. The molecule has 0 aromatic heterocycles. The maximum atomic E-state index is 13.9. The molecule has 1 saturated carbocycles. The van der Waals surface area contributed by atoms with Crippen LogP contribution in [0.3, 0.4) is 0 Å². The number of hydrogen-bond donors (Lipinski definition) is 0. The highest BCUT2D eigenvalue weighted by molar-refractivity contribution is 5.32. The summed E-state index contributed by atoms with van der Waals surface area (Å²) in [6.45, 7) is 0.975. The van der Waals surface area contributed by atoms with E-state index in [1.165, 1.54) is 6.42 Å². The Labute approximate surface area is 165 Å². The van der Waals surface area contributed by atoms with E-state index in [9.17, 15) is 30.7 Å². The van der Waals surface area contributed by atoms with E-state index in [0.717, 1.165) is 32.1 Å². The zero-order valence-corrected chi connectivity index (χ0v) is 16.1. The first-order valence-electron chi connectivity index (χ1n) is 9.76. The number of halogens is 7. The minimum Gasteiger partial charge on any atom is -0.431 e. The molecule has 0 bridgehead atoms. The predicted molar refractivity (Wildman–Crippen MR) is 92.8 cm³/mol. The summed E-state index contributed by atoms with van der Waals surface area (Å²) in [5.41, 5.74) is -2.15. The van der Waals surface area contributed by atoms with E-state index >= 15 is 0 Å². The SMILES string of the molecule is CCCCCC1CCC(OCC(F)(F)Oc2cc(F)c(C(F)(F)F)c(F)c2)CC1. The largest absolute Gasteiger partial charge is 0.431 e. The Balaban J connectivity index is 1.85. The Morgan fingerprint density at radius 3 is 2.03 bits per heavy atom. The van der Waals surface area contributed by atoms with Crippen molar-refractivity contribution in [1.29, 1.82) is 0 Å². The summed E-state index contributed by atoms with van der Waals surface area (Å²) in [7, 11) is 0. The van der Waals surface area contributed by atoms with Crippen LogP contribution >= 0.6 is 0 Å². The molecule has 0 heterocycles. The van der Waals surface area contributed by atoms with Crippen LogP contribution in [0, 0.1) is 17.6 Å². The van der Waals surface area contributed by atoms with Crippen molar-refractivity contribution in [2.24, 2.45) is 5.92 Å².